The molecule has 1 atom stereocenters. The first-order valence-corrected chi connectivity index (χ1v) is 6.17. The lowest BCUT2D eigenvalue weighted by Crippen LogP contribution is -2.28. The van der Waals surface area contributed by atoms with Crippen LogP contribution < -0.4 is 11.1 Å². The Balaban J connectivity index is 3.32. The van der Waals surface area contributed by atoms with Gasteiger partial charge in [-0.1, -0.05) is 33.1 Å². The van der Waals surface area contributed by atoms with Gasteiger partial charge in [-0.05, 0) is 25.3 Å². The summed E-state index contributed by atoms with van der Waals surface area (Å²) in [6, 6.07) is 0. The molecule has 1 amide bonds. The lowest BCUT2D eigenvalue weighted by molar-refractivity contribution is -0.121. The number of unbranched alkanes of at least 4 members (excludes halogenated alkanes) is 3. The normalized spacial score (nSPS) is 12.5. The number of hydrogen-bond donors (Lipinski definition) is 2. The van der Waals surface area contributed by atoms with E-state index in [4.69, 9.17) is 5.73 Å². The molecule has 0 spiro atoms. The summed E-state index contributed by atoms with van der Waals surface area (Å²) in [7, 11) is 0. The number of nitrogens with two attached hydrogens (primary N) is 1. The van der Waals surface area contributed by atoms with Crippen LogP contribution in [-0.4, -0.2) is 19.0 Å². The molecule has 3 heteroatoms. The molecule has 0 aromatic heterocycles. The van der Waals surface area contributed by atoms with Crippen molar-refractivity contribution >= 4 is 5.91 Å². The maximum Gasteiger partial charge on any atom is 0.220 e. The molecule has 0 rings (SSSR count). The van der Waals surface area contributed by atoms with Crippen molar-refractivity contribution in [1.29, 1.82) is 0 Å². The molecular formula is C12H26N2O. The van der Waals surface area contributed by atoms with Gasteiger partial charge in [-0.15, -0.1) is 0 Å². The molecule has 0 heterocycles. The molecule has 0 aromatic rings. The van der Waals surface area contributed by atoms with Crippen LogP contribution in [0.2, 0.25) is 0 Å². The first-order valence-electron chi connectivity index (χ1n) is 6.17. The van der Waals surface area contributed by atoms with Crippen molar-refractivity contribution < 1.29 is 4.79 Å². The molecule has 0 saturated heterocycles. The van der Waals surface area contributed by atoms with Crippen LogP contribution in [0.25, 0.3) is 0 Å². The Kier molecular flexibility index (Phi) is 9.59. The lowest BCUT2D eigenvalue weighted by Gasteiger charge is -2.11. The monoisotopic (exact) mass is 214 g/mol. The predicted octanol–water partition coefficient (Wildman–Crippen LogP) is 2.06. The zero-order chi connectivity index (χ0) is 11.5. The Morgan fingerprint density at radius 3 is 2.67 bits per heavy atom. The summed E-state index contributed by atoms with van der Waals surface area (Å²) in [5.74, 6) is 0.685. The van der Waals surface area contributed by atoms with Crippen LogP contribution in [0.15, 0.2) is 0 Å². The van der Waals surface area contributed by atoms with Gasteiger partial charge in [0.15, 0.2) is 0 Å². The molecule has 0 aliphatic rings. The van der Waals surface area contributed by atoms with Gasteiger partial charge in [-0.3, -0.25) is 4.79 Å². The summed E-state index contributed by atoms with van der Waals surface area (Å²) in [5, 5.41) is 2.95. The van der Waals surface area contributed by atoms with Crippen molar-refractivity contribution in [3.8, 4) is 0 Å². The fourth-order valence-electron chi connectivity index (χ4n) is 1.48. The van der Waals surface area contributed by atoms with E-state index in [1.54, 1.807) is 0 Å². The molecule has 3 N–H and O–H groups in total. The van der Waals surface area contributed by atoms with E-state index < -0.39 is 0 Å². The Morgan fingerprint density at radius 2 is 2.07 bits per heavy atom. The van der Waals surface area contributed by atoms with Crippen LogP contribution in [0.3, 0.4) is 0 Å². The third kappa shape index (κ3) is 9.73. The van der Waals surface area contributed by atoms with Crippen molar-refractivity contribution in [3.05, 3.63) is 0 Å². The average molecular weight is 214 g/mol. The quantitative estimate of drug-likeness (QED) is 0.577. The second-order valence-electron chi connectivity index (χ2n) is 4.30. The summed E-state index contributed by atoms with van der Waals surface area (Å²) in [5.41, 5.74) is 5.44. The number of nitrogens with one attached hydrogen (secondary N) is 1. The Hall–Kier alpha value is -0.570. The smallest absolute Gasteiger partial charge is 0.220 e. The third-order valence-electron chi connectivity index (χ3n) is 2.56. The van der Waals surface area contributed by atoms with E-state index in [1.165, 1.54) is 19.3 Å². The Labute approximate surface area is 93.8 Å². The van der Waals surface area contributed by atoms with Gasteiger partial charge < -0.3 is 11.1 Å². The van der Waals surface area contributed by atoms with Crippen LogP contribution >= 0.6 is 0 Å². The fourth-order valence-corrected chi connectivity index (χ4v) is 1.48. The van der Waals surface area contributed by atoms with Crippen molar-refractivity contribution in [3.63, 3.8) is 0 Å². The van der Waals surface area contributed by atoms with Gasteiger partial charge in [0.2, 0.25) is 5.91 Å². The van der Waals surface area contributed by atoms with Crippen molar-refractivity contribution in [1.82, 2.24) is 5.32 Å². The van der Waals surface area contributed by atoms with Crippen molar-refractivity contribution in [2.45, 2.75) is 52.4 Å². The molecule has 15 heavy (non-hydrogen) atoms. The highest BCUT2D eigenvalue weighted by Crippen LogP contribution is 2.02. The summed E-state index contributed by atoms with van der Waals surface area (Å²) >= 11 is 0. The molecule has 0 fully saturated rings. The van der Waals surface area contributed by atoms with Gasteiger partial charge in [0.25, 0.3) is 0 Å². The van der Waals surface area contributed by atoms with E-state index >= 15 is 0 Å². The predicted molar refractivity (Wildman–Crippen MR) is 64.6 cm³/mol. The summed E-state index contributed by atoms with van der Waals surface area (Å²) < 4.78 is 0. The van der Waals surface area contributed by atoms with Gasteiger partial charge in [-0.25, -0.2) is 0 Å². The molecule has 90 valence electrons. The Morgan fingerprint density at radius 1 is 1.33 bits per heavy atom. The maximum absolute atomic E-state index is 11.4. The molecule has 0 radical (unpaired) electrons. The topological polar surface area (TPSA) is 55.1 Å². The minimum atomic E-state index is 0.190. The number of amides is 1. The molecule has 0 aromatic carbocycles. The fraction of sp³-hybridized carbons (Fsp3) is 0.917. The van der Waals surface area contributed by atoms with E-state index in [-0.39, 0.29) is 5.91 Å². The molecule has 0 aliphatic heterocycles. The summed E-state index contributed by atoms with van der Waals surface area (Å²) in [6.45, 7) is 5.76. The standard InChI is InChI=1S/C12H26N2O/c1-3-4-5-6-7-12(15)14-10-11(2)8-9-13/h11H,3-10,13H2,1-2H3,(H,14,15). The Bertz CT molecular complexity index is 160. The zero-order valence-electron chi connectivity index (χ0n) is 10.2. The van der Waals surface area contributed by atoms with Gasteiger partial charge in [-0.2, -0.15) is 0 Å². The van der Waals surface area contributed by atoms with Crippen LogP contribution in [0, 0.1) is 5.92 Å². The highest BCUT2D eigenvalue weighted by molar-refractivity contribution is 5.75. The van der Waals surface area contributed by atoms with Crippen molar-refractivity contribution in [2.75, 3.05) is 13.1 Å². The average Bonchev–Trinajstić information content (AvgIpc) is 2.22. The van der Waals surface area contributed by atoms with Crippen LogP contribution in [0.4, 0.5) is 0 Å². The second-order valence-corrected chi connectivity index (χ2v) is 4.30. The van der Waals surface area contributed by atoms with E-state index in [0.29, 0.717) is 18.9 Å². The molecule has 0 saturated carbocycles. The molecular weight excluding hydrogens is 188 g/mol. The third-order valence-corrected chi connectivity index (χ3v) is 2.56. The maximum atomic E-state index is 11.4. The van der Waals surface area contributed by atoms with Gasteiger partial charge in [0, 0.05) is 13.0 Å². The minimum Gasteiger partial charge on any atom is -0.356 e. The highest BCUT2D eigenvalue weighted by atomic mass is 16.1. The summed E-state index contributed by atoms with van der Waals surface area (Å²) in [4.78, 5) is 11.4. The first kappa shape index (κ1) is 14.4. The first-order chi connectivity index (χ1) is 7.20. The number of carbonyl (C=O) groups is 1. The molecule has 0 aliphatic carbocycles. The lowest BCUT2D eigenvalue weighted by atomic mass is 10.1. The number of carbonyl (C=O) groups excluding carboxylic acids is 1. The largest absolute Gasteiger partial charge is 0.356 e. The minimum absolute atomic E-state index is 0.190. The second kappa shape index (κ2) is 9.97. The van der Waals surface area contributed by atoms with Gasteiger partial charge in [0.05, 0.1) is 0 Å². The summed E-state index contributed by atoms with van der Waals surface area (Å²) in [6.07, 6.45) is 6.30. The van der Waals surface area contributed by atoms with Crippen LogP contribution in [-0.2, 0) is 4.79 Å². The van der Waals surface area contributed by atoms with E-state index in [0.717, 1.165) is 19.4 Å². The van der Waals surface area contributed by atoms with E-state index in [9.17, 15) is 4.79 Å². The van der Waals surface area contributed by atoms with Gasteiger partial charge >= 0.3 is 0 Å². The molecule has 0 bridgehead atoms. The van der Waals surface area contributed by atoms with Crippen molar-refractivity contribution in [2.24, 2.45) is 11.7 Å². The molecule has 1 unspecified atom stereocenters. The number of rotatable bonds is 9. The zero-order valence-corrected chi connectivity index (χ0v) is 10.2. The van der Waals surface area contributed by atoms with Crippen LogP contribution in [0.1, 0.15) is 52.4 Å². The van der Waals surface area contributed by atoms with Gasteiger partial charge in [0.1, 0.15) is 0 Å². The molecule has 3 nitrogen and oxygen atoms in total. The van der Waals surface area contributed by atoms with E-state index in [2.05, 4.69) is 19.2 Å². The van der Waals surface area contributed by atoms with E-state index in [1.807, 2.05) is 0 Å². The highest BCUT2D eigenvalue weighted by Gasteiger charge is 2.04. The SMILES string of the molecule is CCCCCCC(=O)NCC(C)CCN. The number of hydrogen-bond acceptors (Lipinski definition) is 2. The van der Waals surface area contributed by atoms with Crippen LogP contribution in [0.5, 0.6) is 0 Å².